The van der Waals surface area contributed by atoms with Gasteiger partial charge in [0.2, 0.25) is 0 Å². The van der Waals surface area contributed by atoms with Crippen molar-refractivity contribution in [2.24, 2.45) is 0 Å². The molecule has 5 heteroatoms. The Morgan fingerprint density at radius 3 is 0.543 bits per heavy atom. The minimum absolute atomic E-state index is 0.0552. The molecule has 0 aromatic heterocycles. The summed E-state index contributed by atoms with van der Waals surface area (Å²) in [7, 11) is 0. The molecule has 0 aromatic carbocycles. The van der Waals surface area contributed by atoms with Crippen LogP contribution in [0.2, 0.25) is 0 Å². The zero-order valence-electron chi connectivity index (χ0n) is 55.9. The second-order valence-corrected chi connectivity index (χ2v) is 26.5. The van der Waals surface area contributed by atoms with Gasteiger partial charge >= 0.3 is 11.9 Å². The number of ether oxygens (including phenoxy) is 2. The van der Waals surface area contributed by atoms with Gasteiger partial charge in [0, 0.05) is 12.8 Å². The van der Waals surface area contributed by atoms with E-state index in [1.54, 1.807) is 0 Å². The first-order valence-electron chi connectivity index (χ1n) is 38.1. The standard InChI is InChI=1S/C76H150O5/c1-3-5-7-9-11-13-15-17-19-21-23-25-27-29-31-32-33-34-35-36-37-38-39-40-41-42-43-45-47-49-51-53-55-57-59-61-63-65-67-69-71-76(79)81-74(72-77)73-80-75(78)70-68-66-64-62-60-58-56-54-52-50-48-46-44-30-28-26-24-22-20-18-16-14-12-10-8-6-4-2/h74,77H,3-73H2,1-2H3. The zero-order valence-corrected chi connectivity index (χ0v) is 55.9. The van der Waals surface area contributed by atoms with E-state index in [1.807, 2.05) is 0 Å². The van der Waals surface area contributed by atoms with Crippen molar-refractivity contribution in [3.63, 3.8) is 0 Å². The average Bonchev–Trinajstić information content (AvgIpc) is 3.47. The van der Waals surface area contributed by atoms with Crippen LogP contribution in [0.25, 0.3) is 0 Å². The van der Waals surface area contributed by atoms with Crippen molar-refractivity contribution in [1.82, 2.24) is 0 Å². The summed E-state index contributed by atoms with van der Waals surface area (Å²) < 4.78 is 10.8. The van der Waals surface area contributed by atoms with Crippen LogP contribution in [0.1, 0.15) is 457 Å². The SMILES string of the molecule is CCCCCCCCCCCCCCCCCCCCCCCCCCCCCCCCCCCCCCCCCCC(=O)OC(CO)COC(=O)CCCCCCCCCCCCCCCCCCCCCCCCCCCCC. The van der Waals surface area contributed by atoms with Crippen molar-refractivity contribution in [2.75, 3.05) is 13.2 Å². The van der Waals surface area contributed by atoms with Crippen LogP contribution in [0.4, 0.5) is 0 Å². The van der Waals surface area contributed by atoms with Gasteiger partial charge in [-0.15, -0.1) is 0 Å². The lowest BCUT2D eigenvalue weighted by Gasteiger charge is -2.15. The Balaban J connectivity index is 3.32. The van der Waals surface area contributed by atoms with E-state index in [2.05, 4.69) is 13.8 Å². The molecule has 484 valence electrons. The first-order chi connectivity index (χ1) is 40.1. The largest absolute Gasteiger partial charge is 0.462 e. The molecule has 0 aliphatic heterocycles. The van der Waals surface area contributed by atoms with Gasteiger partial charge in [0.15, 0.2) is 6.10 Å². The average molecular weight is 1140 g/mol. The van der Waals surface area contributed by atoms with Gasteiger partial charge in [0.05, 0.1) is 6.61 Å². The van der Waals surface area contributed by atoms with E-state index in [0.29, 0.717) is 12.8 Å². The number of aliphatic hydroxyl groups excluding tert-OH is 1. The van der Waals surface area contributed by atoms with Crippen LogP contribution < -0.4 is 0 Å². The van der Waals surface area contributed by atoms with E-state index in [9.17, 15) is 14.7 Å². The monoisotopic (exact) mass is 1140 g/mol. The van der Waals surface area contributed by atoms with Gasteiger partial charge in [0.1, 0.15) is 6.61 Å². The summed E-state index contributed by atoms with van der Waals surface area (Å²) in [5.74, 6) is -0.557. The van der Waals surface area contributed by atoms with Crippen molar-refractivity contribution in [3.05, 3.63) is 0 Å². The molecule has 0 spiro atoms. The Morgan fingerprint density at radius 1 is 0.235 bits per heavy atom. The number of esters is 2. The predicted octanol–water partition coefficient (Wildman–Crippen LogP) is 26.4. The van der Waals surface area contributed by atoms with Crippen LogP contribution in [0.15, 0.2) is 0 Å². The lowest BCUT2D eigenvalue weighted by Crippen LogP contribution is -2.28. The highest BCUT2D eigenvalue weighted by Gasteiger charge is 2.16. The number of hydrogen-bond acceptors (Lipinski definition) is 5. The molecule has 0 amide bonds. The van der Waals surface area contributed by atoms with E-state index < -0.39 is 6.10 Å². The van der Waals surface area contributed by atoms with E-state index in [4.69, 9.17) is 9.47 Å². The summed E-state index contributed by atoms with van der Waals surface area (Å²) in [5, 5.41) is 9.71. The Labute approximate surface area is 509 Å². The van der Waals surface area contributed by atoms with Gasteiger partial charge in [-0.2, -0.15) is 0 Å². The maximum atomic E-state index is 12.4. The van der Waals surface area contributed by atoms with Crippen molar-refractivity contribution >= 4 is 11.9 Å². The summed E-state index contributed by atoms with van der Waals surface area (Å²) in [6.45, 7) is 4.23. The van der Waals surface area contributed by atoms with E-state index in [1.165, 1.54) is 398 Å². The van der Waals surface area contributed by atoms with Crippen molar-refractivity contribution in [3.8, 4) is 0 Å². The molecular formula is C76H150O5. The first kappa shape index (κ1) is 79.9. The molecule has 0 bridgehead atoms. The van der Waals surface area contributed by atoms with Crippen LogP contribution >= 0.6 is 0 Å². The number of unbranched alkanes of at least 4 members (excludes halogenated alkanes) is 65. The highest BCUT2D eigenvalue weighted by molar-refractivity contribution is 5.70. The van der Waals surface area contributed by atoms with Gasteiger partial charge < -0.3 is 14.6 Å². The van der Waals surface area contributed by atoms with Crippen LogP contribution in [0.5, 0.6) is 0 Å². The van der Waals surface area contributed by atoms with E-state index in [-0.39, 0.29) is 25.2 Å². The Hall–Kier alpha value is -1.10. The summed E-state index contributed by atoms with van der Waals surface area (Å²) >= 11 is 0. The van der Waals surface area contributed by atoms with E-state index in [0.717, 1.165) is 32.1 Å². The van der Waals surface area contributed by atoms with Crippen molar-refractivity contribution in [1.29, 1.82) is 0 Å². The summed E-state index contributed by atoms with van der Waals surface area (Å²) in [6.07, 6.45) is 93.3. The molecule has 1 unspecified atom stereocenters. The third-order valence-electron chi connectivity index (χ3n) is 18.2. The van der Waals surface area contributed by atoms with Crippen LogP contribution in [-0.4, -0.2) is 36.4 Å². The molecule has 0 aromatic rings. The van der Waals surface area contributed by atoms with Gasteiger partial charge in [-0.05, 0) is 12.8 Å². The fourth-order valence-electron chi connectivity index (χ4n) is 12.4. The second kappa shape index (κ2) is 73.2. The molecule has 1 atom stereocenters. The van der Waals surface area contributed by atoms with Gasteiger partial charge in [-0.3, -0.25) is 9.59 Å². The van der Waals surface area contributed by atoms with E-state index >= 15 is 0 Å². The van der Waals surface area contributed by atoms with Gasteiger partial charge in [0.25, 0.3) is 0 Å². The lowest BCUT2D eigenvalue weighted by molar-refractivity contribution is -0.161. The molecule has 0 fully saturated rings. The maximum absolute atomic E-state index is 12.4. The molecule has 0 saturated carbocycles. The number of carbonyl (C=O) groups is 2. The topological polar surface area (TPSA) is 72.8 Å². The molecule has 0 aliphatic carbocycles. The number of hydrogen-bond donors (Lipinski definition) is 1. The summed E-state index contributed by atoms with van der Waals surface area (Å²) in [6, 6.07) is 0. The smallest absolute Gasteiger partial charge is 0.306 e. The van der Waals surface area contributed by atoms with Gasteiger partial charge in [-0.1, -0.05) is 431 Å². The van der Waals surface area contributed by atoms with Crippen LogP contribution in [-0.2, 0) is 19.1 Å². The molecule has 0 heterocycles. The predicted molar refractivity (Wildman–Crippen MR) is 358 cm³/mol. The fourth-order valence-corrected chi connectivity index (χ4v) is 12.4. The van der Waals surface area contributed by atoms with Crippen molar-refractivity contribution < 1.29 is 24.2 Å². The van der Waals surface area contributed by atoms with Crippen LogP contribution in [0, 0.1) is 0 Å². The third kappa shape index (κ3) is 71.3. The molecule has 1 N–H and O–H groups in total. The molecule has 0 saturated heterocycles. The molecule has 81 heavy (non-hydrogen) atoms. The number of aliphatic hydroxyl groups is 1. The Kier molecular flexibility index (Phi) is 72.2. The highest BCUT2D eigenvalue weighted by atomic mass is 16.6. The number of carbonyl (C=O) groups excluding carboxylic acids is 2. The minimum atomic E-state index is -0.766. The Morgan fingerprint density at radius 2 is 0.383 bits per heavy atom. The molecular weight excluding hydrogens is 993 g/mol. The summed E-state index contributed by atoms with van der Waals surface area (Å²) in [5.41, 5.74) is 0. The highest BCUT2D eigenvalue weighted by Crippen LogP contribution is 2.21. The van der Waals surface area contributed by atoms with Crippen LogP contribution in [0.3, 0.4) is 0 Å². The molecule has 0 radical (unpaired) electrons. The second-order valence-electron chi connectivity index (χ2n) is 26.5. The lowest BCUT2D eigenvalue weighted by atomic mass is 10.0. The molecule has 0 rings (SSSR count). The quantitative estimate of drug-likeness (QED) is 0.0485. The zero-order chi connectivity index (χ0) is 58.4. The maximum Gasteiger partial charge on any atom is 0.306 e. The normalized spacial score (nSPS) is 12.0. The van der Waals surface area contributed by atoms with Crippen molar-refractivity contribution in [2.45, 2.75) is 463 Å². The first-order valence-corrected chi connectivity index (χ1v) is 38.1. The summed E-state index contributed by atoms with van der Waals surface area (Å²) in [4.78, 5) is 24.7. The Bertz CT molecular complexity index is 1160. The fraction of sp³-hybridized carbons (Fsp3) is 0.974. The molecule has 0 aliphatic rings. The minimum Gasteiger partial charge on any atom is -0.462 e. The molecule has 5 nitrogen and oxygen atoms in total. The number of rotatable bonds is 73. The van der Waals surface area contributed by atoms with Gasteiger partial charge in [-0.25, -0.2) is 0 Å². The third-order valence-corrected chi connectivity index (χ3v) is 18.2.